The van der Waals surface area contributed by atoms with Crippen LogP contribution >= 0.6 is 0 Å². The lowest BCUT2D eigenvalue weighted by atomic mass is 9.89. The van der Waals surface area contributed by atoms with Crippen molar-refractivity contribution in [3.63, 3.8) is 0 Å². The summed E-state index contributed by atoms with van der Waals surface area (Å²) in [5.74, 6) is 8.81. The first kappa shape index (κ1) is 26.8. The second-order valence-electron chi connectivity index (χ2n) is 11.4. The summed E-state index contributed by atoms with van der Waals surface area (Å²) in [5.41, 5.74) is 3.90. The van der Waals surface area contributed by atoms with E-state index in [-0.39, 0.29) is 11.9 Å². The van der Waals surface area contributed by atoms with Gasteiger partial charge in [0.05, 0.1) is 34.5 Å². The van der Waals surface area contributed by atoms with Gasteiger partial charge in [0.15, 0.2) is 17.4 Å². The number of hydrogen-bond acceptors (Lipinski definition) is 9. The van der Waals surface area contributed by atoms with Gasteiger partial charge >= 0.3 is 0 Å². The number of imidazole rings is 1. The summed E-state index contributed by atoms with van der Waals surface area (Å²) >= 11 is 0. The Hall–Kier alpha value is -5.11. The molecule has 1 amide bonds. The number of nitrogens with one attached hydrogen (secondary N) is 1. The summed E-state index contributed by atoms with van der Waals surface area (Å²) in [6, 6.07) is 7.75. The number of pyridine rings is 1. The third kappa shape index (κ3) is 4.88. The molecule has 1 aromatic carbocycles. The highest BCUT2D eigenvalue weighted by Crippen LogP contribution is 2.37. The maximum absolute atomic E-state index is 12.5. The average molecular weight is 577 g/mol. The maximum atomic E-state index is 12.5. The van der Waals surface area contributed by atoms with Crippen LogP contribution < -0.4 is 19.7 Å². The Kier molecular flexibility index (Phi) is 6.42. The molecule has 0 spiro atoms. The molecule has 2 unspecified atom stereocenters. The van der Waals surface area contributed by atoms with E-state index in [1.165, 1.54) is 0 Å². The fraction of sp³-hybridized carbons (Fsp3) is 0.344. The first-order valence-electron chi connectivity index (χ1n) is 14.3. The van der Waals surface area contributed by atoms with Gasteiger partial charge in [0, 0.05) is 38.8 Å². The van der Waals surface area contributed by atoms with Gasteiger partial charge in [-0.2, -0.15) is 0 Å². The molecule has 0 radical (unpaired) electrons. The lowest BCUT2D eigenvalue weighted by Gasteiger charge is -2.38. The van der Waals surface area contributed by atoms with Gasteiger partial charge in [0.25, 0.3) is 5.91 Å². The second kappa shape index (κ2) is 10.3. The SMILES string of the molecule is CC#CC(=O)N1CCN2CC1COc1cc3ncnc(NC4(C)C=C(C)C(Oc5ccc6c(c5)ncn6C)=CC4)c3nc12. The molecule has 5 heterocycles. The number of carbonyl (C=O) groups excluding carboxylic acids is 1. The molecule has 11 heteroatoms. The smallest absolute Gasteiger partial charge is 0.298 e. The molecule has 0 saturated carbocycles. The van der Waals surface area contributed by atoms with Crippen molar-refractivity contribution in [3.8, 4) is 23.3 Å². The van der Waals surface area contributed by atoms with Gasteiger partial charge in [-0.15, -0.1) is 0 Å². The number of piperazine rings is 1. The number of amides is 1. The number of benzene rings is 1. The molecule has 2 aliphatic heterocycles. The summed E-state index contributed by atoms with van der Waals surface area (Å²) in [7, 11) is 1.98. The molecule has 3 aliphatic rings. The summed E-state index contributed by atoms with van der Waals surface area (Å²) in [6.07, 6.45) is 8.30. The molecule has 1 fully saturated rings. The lowest BCUT2D eigenvalue weighted by Crippen LogP contribution is -2.56. The minimum atomic E-state index is -0.425. The molecule has 11 nitrogen and oxygen atoms in total. The zero-order valence-electron chi connectivity index (χ0n) is 24.6. The van der Waals surface area contributed by atoms with Gasteiger partial charge in [0.1, 0.15) is 30.0 Å². The molecule has 1 N–H and O–H groups in total. The number of rotatable bonds is 4. The molecule has 2 atom stereocenters. The molecule has 218 valence electrons. The van der Waals surface area contributed by atoms with Crippen molar-refractivity contribution in [2.75, 3.05) is 36.5 Å². The number of allylic oxidation sites excluding steroid dienone is 1. The van der Waals surface area contributed by atoms with Crippen LogP contribution in [0.15, 0.2) is 60.4 Å². The molecule has 2 bridgehead atoms. The standard InChI is InChI=1S/C32H32N8O3/c1-5-6-28(41)40-12-11-39-16-21(40)17-42-27-14-24-29(36-31(27)39)30(34-18-33-24)37-32(3)10-9-26(20(2)15-32)43-22-7-8-25-23(13-22)35-19-38(25)4/h7-9,13-15,18-19,21H,10-12,16-17H2,1-4H3,(H,33,34,37). The van der Waals surface area contributed by atoms with Gasteiger partial charge in [-0.3, -0.25) is 4.79 Å². The fourth-order valence-electron chi connectivity index (χ4n) is 6.06. The minimum Gasteiger partial charge on any atom is -0.487 e. The number of aryl methyl sites for hydroxylation is 1. The second-order valence-corrected chi connectivity index (χ2v) is 11.4. The number of carbonyl (C=O) groups is 1. The van der Waals surface area contributed by atoms with Crippen LogP contribution in [-0.2, 0) is 11.8 Å². The van der Waals surface area contributed by atoms with Gasteiger partial charge in [-0.05, 0) is 56.9 Å². The number of ether oxygens (including phenoxy) is 2. The van der Waals surface area contributed by atoms with Crippen LogP contribution in [0.2, 0.25) is 0 Å². The maximum Gasteiger partial charge on any atom is 0.298 e. The topological polar surface area (TPSA) is 111 Å². The highest BCUT2D eigenvalue weighted by molar-refractivity contribution is 5.94. The van der Waals surface area contributed by atoms with Crippen LogP contribution in [0.4, 0.5) is 11.6 Å². The third-order valence-electron chi connectivity index (χ3n) is 8.23. The van der Waals surface area contributed by atoms with Crippen LogP contribution in [0, 0.1) is 11.8 Å². The highest BCUT2D eigenvalue weighted by Gasteiger charge is 2.35. The predicted octanol–water partition coefficient (Wildman–Crippen LogP) is 3.83. The van der Waals surface area contributed by atoms with Crippen molar-refractivity contribution in [2.24, 2.45) is 7.05 Å². The molecule has 4 aromatic rings. The number of fused-ring (bicyclic) bond motifs is 6. The first-order valence-corrected chi connectivity index (χ1v) is 14.3. The van der Waals surface area contributed by atoms with E-state index in [2.05, 4.69) is 56.1 Å². The monoisotopic (exact) mass is 576 g/mol. The van der Waals surface area contributed by atoms with E-state index in [1.807, 2.05) is 42.8 Å². The molecule has 1 saturated heterocycles. The van der Waals surface area contributed by atoms with Crippen molar-refractivity contribution in [2.45, 2.75) is 38.8 Å². The van der Waals surface area contributed by atoms with Crippen molar-refractivity contribution < 1.29 is 14.3 Å². The van der Waals surface area contributed by atoms with Gasteiger partial charge in [-0.1, -0.05) is 12.0 Å². The molecule has 43 heavy (non-hydrogen) atoms. The van der Waals surface area contributed by atoms with E-state index in [0.29, 0.717) is 55.3 Å². The zero-order valence-corrected chi connectivity index (χ0v) is 24.6. The Bertz CT molecular complexity index is 1900. The van der Waals surface area contributed by atoms with E-state index >= 15 is 0 Å². The normalized spacial score (nSPS) is 21.2. The van der Waals surface area contributed by atoms with E-state index < -0.39 is 5.54 Å². The van der Waals surface area contributed by atoms with Crippen molar-refractivity contribution in [1.29, 1.82) is 0 Å². The Morgan fingerprint density at radius 2 is 2.07 bits per heavy atom. The number of nitrogens with zero attached hydrogens (tertiary/aromatic N) is 7. The minimum absolute atomic E-state index is 0.105. The van der Waals surface area contributed by atoms with Gasteiger partial charge in [0.2, 0.25) is 0 Å². The van der Waals surface area contributed by atoms with Crippen LogP contribution in [0.25, 0.3) is 22.1 Å². The van der Waals surface area contributed by atoms with Crippen LogP contribution in [0.1, 0.15) is 27.2 Å². The number of anilines is 2. The van der Waals surface area contributed by atoms with E-state index in [4.69, 9.17) is 14.5 Å². The molecular weight excluding hydrogens is 544 g/mol. The molecule has 1 aliphatic carbocycles. The summed E-state index contributed by atoms with van der Waals surface area (Å²) < 4.78 is 14.4. The summed E-state index contributed by atoms with van der Waals surface area (Å²) in [4.78, 5) is 35.1. The van der Waals surface area contributed by atoms with E-state index in [1.54, 1.807) is 24.5 Å². The predicted molar refractivity (Wildman–Crippen MR) is 164 cm³/mol. The zero-order chi connectivity index (χ0) is 29.7. The van der Waals surface area contributed by atoms with E-state index in [0.717, 1.165) is 33.9 Å². The van der Waals surface area contributed by atoms with Crippen LogP contribution in [-0.4, -0.2) is 73.1 Å². The van der Waals surface area contributed by atoms with E-state index in [9.17, 15) is 4.79 Å². The number of hydrogen-bond donors (Lipinski definition) is 1. The van der Waals surface area contributed by atoms with Crippen molar-refractivity contribution in [1.82, 2.24) is 29.4 Å². The molecule has 7 rings (SSSR count). The Labute approximate surface area is 249 Å². The highest BCUT2D eigenvalue weighted by atomic mass is 16.5. The Morgan fingerprint density at radius 1 is 1.19 bits per heavy atom. The summed E-state index contributed by atoms with van der Waals surface area (Å²) in [5, 5.41) is 3.63. The lowest BCUT2D eigenvalue weighted by molar-refractivity contribution is -0.128. The average Bonchev–Trinajstić information content (AvgIpc) is 3.30. The van der Waals surface area contributed by atoms with Crippen LogP contribution in [0.3, 0.4) is 0 Å². The molecular formula is C32H32N8O3. The molecule has 3 aromatic heterocycles. The first-order chi connectivity index (χ1) is 20.8. The Morgan fingerprint density at radius 3 is 2.91 bits per heavy atom. The van der Waals surface area contributed by atoms with Crippen molar-refractivity contribution >= 4 is 39.6 Å². The Balaban J connectivity index is 1.12. The quantitative estimate of drug-likeness (QED) is 0.363. The van der Waals surface area contributed by atoms with Crippen molar-refractivity contribution in [3.05, 3.63) is 60.4 Å². The fourth-order valence-corrected chi connectivity index (χ4v) is 6.06. The number of aromatic nitrogens is 5. The summed E-state index contributed by atoms with van der Waals surface area (Å²) in [6.45, 7) is 8.05. The van der Waals surface area contributed by atoms with Gasteiger partial charge in [-0.25, -0.2) is 19.9 Å². The third-order valence-corrected chi connectivity index (χ3v) is 8.23. The largest absolute Gasteiger partial charge is 0.487 e. The van der Waals surface area contributed by atoms with Gasteiger partial charge < -0.3 is 29.2 Å². The van der Waals surface area contributed by atoms with Crippen LogP contribution in [0.5, 0.6) is 11.5 Å².